The first-order valence-corrected chi connectivity index (χ1v) is 21.6. The van der Waals surface area contributed by atoms with Crippen LogP contribution in [0.5, 0.6) is 11.5 Å². The lowest BCUT2D eigenvalue weighted by Gasteiger charge is -2.41. The molecule has 0 bridgehead atoms. The Morgan fingerprint density at radius 2 is 1.78 bits per heavy atom. The molecule has 314 valence electrons. The van der Waals surface area contributed by atoms with E-state index in [4.69, 9.17) is 52.8 Å². The molecule has 0 spiro atoms. The number of hydrogen-bond acceptors (Lipinski definition) is 10. The zero-order chi connectivity index (χ0) is 42.2. The number of carbonyl (C=O) groups excluding carboxylic acids is 3. The van der Waals surface area contributed by atoms with Gasteiger partial charge in [0.15, 0.2) is 5.69 Å². The number of amides is 3. The molecule has 1 aromatic heterocycles. The normalized spacial score (nSPS) is 19.1. The van der Waals surface area contributed by atoms with Gasteiger partial charge >= 0.3 is 0 Å². The lowest BCUT2D eigenvalue weighted by Crippen LogP contribution is -2.55. The van der Waals surface area contributed by atoms with Crippen LogP contribution in [0, 0.1) is 11.8 Å². The van der Waals surface area contributed by atoms with E-state index in [0.717, 1.165) is 5.56 Å². The number of fused-ring (bicyclic) bond motifs is 3. The maximum Gasteiger partial charge on any atom is 0.275 e. The minimum absolute atomic E-state index is 0.0776. The van der Waals surface area contributed by atoms with E-state index in [1.165, 1.54) is 0 Å². The third-order valence-corrected chi connectivity index (χ3v) is 12.3. The Morgan fingerprint density at radius 3 is 2.46 bits per heavy atom. The number of ether oxygens (including phenoxy) is 3. The summed E-state index contributed by atoms with van der Waals surface area (Å²) in [5, 5.41) is 11.5. The van der Waals surface area contributed by atoms with Crippen molar-refractivity contribution in [1.82, 2.24) is 20.0 Å². The second-order valence-corrected chi connectivity index (χ2v) is 18.1. The lowest BCUT2D eigenvalue weighted by molar-refractivity contribution is -0.123. The van der Waals surface area contributed by atoms with Crippen LogP contribution in [0.25, 0.3) is 28.1 Å². The molecule has 1 atom stereocenters. The van der Waals surface area contributed by atoms with Gasteiger partial charge in [-0.2, -0.15) is 13.5 Å². The van der Waals surface area contributed by atoms with Gasteiger partial charge in [0.2, 0.25) is 11.8 Å². The van der Waals surface area contributed by atoms with Gasteiger partial charge in [0, 0.05) is 57.5 Å². The molecule has 3 aromatic carbocycles. The van der Waals surface area contributed by atoms with Crippen LogP contribution >= 0.6 is 23.2 Å². The highest BCUT2D eigenvalue weighted by Crippen LogP contribution is 2.47. The van der Waals surface area contributed by atoms with E-state index < -0.39 is 33.4 Å². The number of carbonyl (C=O) groups is 3. The van der Waals surface area contributed by atoms with Gasteiger partial charge in [0.05, 0.1) is 43.0 Å². The number of nitrogens with one attached hydrogen (secondary N) is 2. The highest BCUT2D eigenvalue weighted by molar-refractivity contribution is 7.85. The SMILES string of the molecule is COc1cc2c(cc1-c1cccc(NC(=O)C3CCC(CNC(=O)[C@@H](N)CS(=O)(=O)O)CC3)c1)-c1c(c(C(=O)N3CCOCC3(C)C)nn1-c1cc(Cl)cc(Cl)c1)CO2. The van der Waals surface area contributed by atoms with Gasteiger partial charge in [-0.05, 0) is 87.4 Å². The Bertz CT molecular complexity index is 2380. The van der Waals surface area contributed by atoms with E-state index in [2.05, 4.69) is 10.6 Å². The molecule has 2 aliphatic heterocycles. The van der Waals surface area contributed by atoms with E-state index in [9.17, 15) is 22.8 Å². The van der Waals surface area contributed by atoms with E-state index in [1.54, 1.807) is 41.0 Å². The van der Waals surface area contributed by atoms with Crippen LogP contribution in [0.15, 0.2) is 54.6 Å². The number of nitrogens with zero attached hydrogens (tertiary/aromatic N) is 3. The zero-order valence-electron chi connectivity index (χ0n) is 32.8. The van der Waals surface area contributed by atoms with Gasteiger partial charge in [-0.1, -0.05) is 35.3 Å². The number of rotatable bonds is 11. The highest BCUT2D eigenvalue weighted by atomic mass is 35.5. The van der Waals surface area contributed by atoms with E-state index in [0.29, 0.717) is 107 Å². The smallest absolute Gasteiger partial charge is 0.275 e. The lowest BCUT2D eigenvalue weighted by atomic mass is 9.81. The summed E-state index contributed by atoms with van der Waals surface area (Å²) in [5.74, 6) is -0.981. The Morgan fingerprint density at radius 1 is 1.05 bits per heavy atom. The minimum atomic E-state index is -4.38. The summed E-state index contributed by atoms with van der Waals surface area (Å²) in [4.78, 5) is 41.8. The molecule has 0 radical (unpaired) electrons. The van der Waals surface area contributed by atoms with Crippen molar-refractivity contribution < 1.29 is 41.6 Å². The molecular weight excluding hydrogens is 823 g/mol. The molecule has 1 aliphatic carbocycles. The number of halogens is 2. The van der Waals surface area contributed by atoms with Crippen LogP contribution in [-0.2, 0) is 31.1 Å². The molecule has 1 saturated carbocycles. The van der Waals surface area contributed by atoms with Crippen molar-refractivity contribution in [3.63, 3.8) is 0 Å². The number of nitrogens with two attached hydrogens (primary N) is 1. The van der Waals surface area contributed by atoms with Crippen molar-refractivity contribution in [2.45, 2.75) is 57.7 Å². The van der Waals surface area contributed by atoms with Crippen molar-refractivity contribution in [3.05, 3.63) is 75.9 Å². The predicted molar refractivity (Wildman–Crippen MR) is 223 cm³/mol. The minimum Gasteiger partial charge on any atom is -0.496 e. The third kappa shape index (κ3) is 9.37. The van der Waals surface area contributed by atoms with Crippen LogP contribution in [0.4, 0.5) is 5.69 Å². The predicted octanol–water partition coefficient (Wildman–Crippen LogP) is 5.74. The van der Waals surface area contributed by atoms with E-state index >= 15 is 0 Å². The third-order valence-electron chi connectivity index (χ3n) is 11.0. The second-order valence-electron chi connectivity index (χ2n) is 15.8. The first kappa shape index (κ1) is 42.4. The summed E-state index contributed by atoms with van der Waals surface area (Å²) in [6.07, 6.45) is 2.56. The van der Waals surface area contributed by atoms with Gasteiger partial charge in [-0.15, -0.1) is 0 Å². The maximum absolute atomic E-state index is 14.3. The van der Waals surface area contributed by atoms with Gasteiger partial charge in [0.1, 0.15) is 24.1 Å². The maximum atomic E-state index is 14.3. The second kappa shape index (κ2) is 17.1. The van der Waals surface area contributed by atoms with Crippen molar-refractivity contribution >= 4 is 56.7 Å². The van der Waals surface area contributed by atoms with Crippen LogP contribution in [-0.4, -0.2) is 96.1 Å². The van der Waals surface area contributed by atoms with Crippen molar-refractivity contribution in [1.29, 1.82) is 0 Å². The quantitative estimate of drug-likeness (QED) is 0.134. The van der Waals surface area contributed by atoms with Crippen molar-refractivity contribution in [2.24, 2.45) is 17.6 Å². The topological polar surface area (TPSA) is 204 Å². The molecule has 15 nitrogen and oxygen atoms in total. The molecule has 2 fully saturated rings. The van der Waals surface area contributed by atoms with Gasteiger partial charge in [0.25, 0.3) is 16.0 Å². The van der Waals surface area contributed by atoms with E-state index in [-0.39, 0.29) is 36.0 Å². The van der Waals surface area contributed by atoms with Gasteiger partial charge < -0.3 is 35.5 Å². The molecule has 7 rings (SSSR count). The molecule has 18 heteroatoms. The molecule has 3 amide bonds. The van der Waals surface area contributed by atoms with Crippen LogP contribution in [0.3, 0.4) is 0 Å². The number of morpholine rings is 1. The standard InChI is InChI=1S/C41H46Cl2N6O9S/c1-41(2)22-57-12-11-48(41)40(52)36-32-20-58-35-18-34(56-3)30(17-31(35)37(32)49(47-36)29-15-26(42)14-27(43)16-29)25-5-4-6-28(13-25)46-38(50)24-9-7-23(8-10-24)19-45-39(51)33(44)21-59(53,54)55/h4-6,13-18,23-24,33H,7-12,19-22,44H2,1-3H3,(H,45,51)(H,46,50)(H,53,54,55)/t23?,24?,33-/m0/s1. The Kier molecular flexibility index (Phi) is 12.3. The molecule has 3 heterocycles. The monoisotopic (exact) mass is 868 g/mol. The van der Waals surface area contributed by atoms with Gasteiger partial charge in [-0.25, -0.2) is 4.68 Å². The summed E-state index contributed by atoms with van der Waals surface area (Å²) in [6, 6.07) is 14.9. The van der Waals surface area contributed by atoms with Crippen LogP contribution < -0.4 is 25.8 Å². The molecular formula is C41H46Cl2N6O9S. The molecule has 59 heavy (non-hydrogen) atoms. The fourth-order valence-corrected chi connectivity index (χ4v) is 9.09. The Balaban J connectivity index is 1.14. The Labute approximate surface area is 352 Å². The first-order valence-electron chi connectivity index (χ1n) is 19.2. The average Bonchev–Trinajstić information content (AvgIpc) is 3.58. The van der Waals surface area contributed by atoms with Crippen molar-refractivity contribution in [2.75, 3.05) is 44.5 Å². The summed E-state index contributed by atoms with van der Waals surface area (Å²) >= 11 is 13.0. The first-order chi connectivity index (χ1) is 28.0. The molecule has 5 N–H and O–H groups in total. The largest absolute Gasteiger partial charge is 0.496 e. The molecule has 3 aliphatic rings. The number of methoxy groups -OCH3 is 1. The summed E-state index contributed by atoms with van der Waals surface area (Å²) in [5.41, 5.74) is 9.81. The molecule has 1 saturated heterocycles. The molecule has 0 unspecified atom stereocenters. The fourth-order valence-electron chi connectivity index (χ4n) is 7.97. The average molecular weight is 870 g/mol. The Hall–Kier alpha value is -4.71. The van der Waals surface area contributed by atoms with E-state index in [1.807, 2.05) is 44.2 Å². The fraction of sp³-hybridized carbons (Fsp3) is 0.415. The van der Waals surface area contributed by atoms with Crippen LogP contribution in [0.1, 0.15) is 55.6 Å². The number of benzene rings is 3. The summed E-state index contributed by atoms with van der Waals surface area (Å²) < 4.78 is 50.7. The number of anilines is 1. The summed E-state index contributed by atoms with van der Waals surface area (Å²) in [7, 11) is -2.81. The highest BCUT2D eigenvalue weighted by Gasteiger charge is 2.39. The van der Waals surface area contributed by atoms with Crippen LogP contribution in [0.2, 0.25) is 10.0 Å². The molecule has 4 aromatic rings. The van der Waals surface area contributed by atoms with Gasteiger partial charge in [-0.3, -0.25) is 18.9 Å². The zero-order valence-corrected chi connectivity index (χ0v) is 35.1. The number of aromatic nitrogens is 2. The number of hydrogen-bond donors (Lipinski definition) is 4. The summed E-state index contributed by atoms with van der Waals surface area (Å²) in [6.45, 7) is 5.49. The van der Waals surface area contributed by atoms with Crippen molar-refractivity contribution in [3.8, 4) is 39.6 Å².